The highest BCUT2D eigenvalue weighted by Crippen LogP contribution is 2.10. The van der Waals surface area contributed by atoms with Gasteiger partial charge < -0.3 is 10.6 Å². The molecule has 8 heteroatoms. The summed E-state index contributed by atoms with van der Waals surface area (Å²) < 4.78 is 14.6. The summed E-state index contributed by atoms with van der Waals surface area (Å²) in [6.45, 7) is 3.21. The van der Waals surface area contributed by atoms with Crippen molar-refractivity contribution in [3.8, 4) is 0 Å². The number of anilines is 1. The summed E-state index contributed by atoms with van der Waals surface area (Å²) >= 11 is 0. The Morgan fingerprint density at radius 3 is 2.73 bits per heavy atom. The zero-order chi connectivity index (χ0) is 18.4. The summed E-state index contributed by atoms with van der Waals surface area (Å²) in [4.78, 5) is 11.8. The van der Waals surface area contributed by atoms with Crippen LogP contribution in [-0.2, 0) is 17.8 Å². The monoisotopic (exact) mass is 356 g/mol. The van der Waals surface area contributed by atoms with Crippen molar-refractivity contribution >= 4 is 17.4 Å². The maximum absolute atomic E-state index is 13.0. The molecule has 1 aromatic carbocycles. The fourth-order valence-electron chi connectivity index (χ4n) is 2.46. The number of hydrogen-bond acceptors (Lipinski definition) is 5. The Morgan fingerprint density at radius 2 is 1.96 bits per heavy atom. The molecule has 7 nitrogen and oxygen atoms in total. The molecule has 0 spiro atoms. The first-order valence-electron chi connectivity index (χ1n) is 8.62. The van der Waals surface area contributed by atoms with Crippen LogP contribution < -0.4 is 10.6 Å². The van der Waals surface area contributed by atoms with E-state index in [1.165, 1.54) is 12.1 Å². The number of halogens is 1. The van der Waals surface area contributed by atoms with Gasteiger partial charge in [-0.2, -0.15) is 4.52 Å². The SMILES string of the molecule is CCCNC(=O)CCc1nnc2ccc(NCc3ccc(F)cc3)nn12. The first-order valence-corrected chi connectivity index (χ1v) is 8.62. The predicted octanol–water partition coefficient (Wildman–Crippen LogP) is 2.33. The summed E-state index contributed by atoms with van der Waals surface area (Å²) in [5, 5.41) is 18.7. The zero-order valence-electron chi connectivity index (χ0n) is 14.6. The normalized spacial score (nSPS) is 10.8. The molecule has 0 aliphatic rings. The molecule has 0 saturated heterocycles. The van der Waals surface area contributed by atoms with Crippen LogP contribution in [0.25, 0.3) is 5.65 Å². The van der Waals surface area contributed by atoms with Crippen LogP contribution >= 0.6 is 0 Å². The van der Waals surface area contributed by atoms with Crippen molar-refractivity contribution in [1.29, 1.82) is 0 Å². The molecule has 0 aliphatic heterocycles. The molecule has 0 fully saturated rings. The van der Waals surface area contributed by atoms with Gasteiger partial charge in [0.1, 0.15) is 11.6 Å². The Hall–Kier alpha value is -3.03. The Morgan fingerprint density at radius 1 is 1.15 bits per heavy atom. The number of benzene rings is 1. The number of carbonyl (C=O) groups is 1. The van der Waals surface area contributed by atoms with Gasteiger partial charge in [0.2, 0.25) is 5.91 Å². The van der Waals surface area contributed by atoms with Gasteiger partial charge >= 0.3 is 0 Å². The predicted molar refractivity (Wildman–Crippen MR) is 96.1 cm³/mol. The number of carbonyl (C=O) groups excluding carboxylic acids is 1. The Labute approximate surface area is 150 Å². The number of fused-ring (bicyclic) bond motifs is 1. The highest BCUT2D eigenvalue weighted by molar-refractivity contribution is 5.76. The maximum Gasteiger partial charge on any atom is 0.220 e. The highest BCUT2D eigenvalue weighted by atomic mass is 19.1. The van der Waals surface area contributed by atoms with Crippen molar-refractivity contribution in [3.05, 3.63) is 53.6 Å². The largest absolute Gasteiger partial charge is 0.365 e. The van der Waals surface area contributed by atoms with Gasteiger partial charge in [-0.3, -0.25) is 4.79 Å². The second-order valence-corrected chi connectivity index (χ2v) is 5.93. The lowest BCUT2D eigenvalue weighted by atomic mass is 10.2. The fourth-order valence-corrected chi connectivity index (χ4v) is 2.46. The lowest BCUT2D eigenvalue weighted by Crippen LogP contribution is -2.24. The zero-order valence-corrected chi connectivity index (χ0v) is 14.6. The summed E-state index contributed by atoms with van der Waals surface area (Å²) in [6.07, 6.45) is 1.71. The molecule has 3 aromatic rings. The van der Waals surface area contributed by atoms with E-state index in [1.807, 2.05) is 19.1 Å². The third-order valence-corrected chi connectivity index (χ3v) is 3.86. The van der Waals surface area contributed by atoms with Crippen LogP contribution in [0.15, 0.2) is 36.4 Å². The van der Waals surface area contributed by atoms with E-state index >= 15 is 0 Å². The van der Waals surface area contributed by atoms with Gasteiger partial charge in [-0.15, -0.1) is 15.3 Å². The number of nitrogens with one attached hydrogen (secondary N) is 2. The molecule has 0 unspecified atom stereocenters. The summed E-state index contributed by atoms with van der Waals surface area (Å²) in [5.41, 5.74) is 1.58. The smallest absolute Gasteiger partial charge is 0.220 e. The Bertz CT molecular complexity index is 877. The maximum atomic E-state index is 13.0. The van der Waals surface area contributed by atoms with E-state index in [1.54, 1.807) is 16.6 Å². The van der Waals surface area contributed by atoms with Crippen molar-refractivity contribution < 1.29 is 9.18 Å². The van der Waals surface area contributed by atoms with E-state index in [-0.39, 0.29) is 11.7 Å². The van der Waals surface area contributed by atoms with E-state index < -0.39 is 0 Å². The fraction of sp³-hybridized carbons (Fsp3) is 0.333. The second kappa shape index (κ2) is 8.37. The van der Waals surface area contributed by atoms with Crippen molar-refractivity contribution in [1.82, 2.24) is 25.1 Å². The minimum Gasteiger partial charge on any atom is -0.365 e. The minimum absolute atomic E-state index is 0.00538. The van der Waals surface area contributed by atoms with Gasteiger partial charge in [-0.1, -0.05) is 19.1 Å². The van der Waals surface area contributed by atoms with Gasteiger partial charge in [0.15, 0.2) is 11.5 Å². The van der Waals surface area contributed by atoms with E-state index in [2.05, 4.69) is 25.9 Å². The third-order valence-electron chi connectivity index (χ3n) is 3.86. The first kappa shape index (κ1) is 17.8. The number of amides is 1. The molecule has 0 aliphatic carbocycles. The molecular formula is C18H21FN6O. The topological polar surface area (TPSA) is 84.2 Å². The molecule has 26 heavy (non-hydrogen) atoms. The molecule has 0 atom stereocenters. The molecule has 1 amide bonds. The lowest BCUT2D eigenvalue weighted by Gasteiger charge is -2.07. The van der Waals surface area contributed by atoms with E-state index in [0.29, 0.717) is 43.2 Å². The average Bonchev–Trinajstić information content (AvgIpc) is 3.06. The number of hydrogen-bond donors (Lipinski definition) is 2. The molecule has 2 heterocycles. The van der Waals surface area contributed by atoms with E-state index in [0.717, 1.165) is 12.0 Å². The molecule has 2 aromatic heterocycles. The van der Waals surface area contributed by atoms with Gasteiger partial charge in [0.25, 0.3) is 0 Å². The molecule has 136 valence electrons. The van der Waals surface area contributed by atoms with Crippen LogP contribution in [-0.4, -0.2) is 32.3 Å². The number of aryl methyl sites for hydroxylation is 1. The minimum atomic E-state index is -0.259. The molecule has 0 radical (unpaired) electrons. The standard InChI is InChI=1S/C18H21FN6O/c1-2-11-20-18(26)10-9-17-23-22-16-8-7-15(24-25(16)17)21-12-13-3-5-14(19)6-4-13/h3-8H,2,9-12H2,1H3,(H,20,26)(H,21,24). The quantitative estimate of drug-likeness (QED) is 0.647. The van der Waals surface area contributed by atoms with Crippen LogP contribution in [0.1, 0.15) is 31.2 Å². The van der Waals surface area contributed by atoms with Crippen LogP contribution in [0.2, 0.25) is 0 Å². The average molecular weight is 356 g/mol. The summed E-state index contributed by atoms with van der Waals surface area (Å²) in [5.74, 6) is 1.02. The lowest BCUT2D eigenvalue weighted by molar-refractivity contribution is -0.121. The molecule has 2 N–H and O–H groups in total. The first-order chi connectivity index (χ1) is 12.7. The van der Waals surface area contributed by atoms with Crippen LogP contribution in [0.3, 0.4) is 0 Å². The van der Waals surface area contributed by atoms with Crippen LogP contribution in [0.5, 0.6) is 0 Å². The van der Waals surface area contributed by atoms with Gasteiger partial charge in [0, 0.05) is 25.9 Å². The van der Waals surface area contributed by atoms with Gasteiger partial charge in [-0.25, -0.2) is 4.39 Å². The molecule has 0 bridgehead atoms. The van der Waals surface area contributed by atoms with E-state index in [9.17, 15) is 9.18 Å². The van der Waals surface area contributed by atoms with Gasteiger partial charge in [-0.05, 0) is 36.2 Å². The Kier molecular flexibility index (Phi) is 5.73. The molecule has 3 rings (SSSR count). The van der Waals surface area contributed by atoms with Crippen molar-refractivity contribution in [2.45, 2.75) is 32.7 Å². The van der Waals surface area contributed by atoms with Crippen LogP contribution in [0, 0.1) is 5.82 Å². The Balaban J connectivity index is 1.65. The highest BCUT2D eigenvalue weighted by Gasteiger charge is 2.10. The summed E-state index contributed by atoms with van der Waals surface area (Å²) in [6, 6.07) is 9.92. The summed E-state index contributed by atoms with van der Waals surface area (Å²) in [7, 11) is 0. The van der Waals surface area contributed by atoms with Crippen molar-refractivity contribution in [2.75, 3.05) is 11.9 Å². The molecular weight excluding hydrogens is 335 g/mol. The van der Waals surface area contributed by atoms with Crippen LogP contribution in [0.4, 0.5) is 10.2 Å². The number of nitrogens with zero attached hydrogens (tertiary/aromatic N) is 4. The number of aromatic nitrogens is 4. The van der Waals surface area contributed by atoms with Gasteiger partial charge in [0.05, 0.1) is 0 Å². The third kappa shape index (κ3) is 4.53. The van der Waals surface area contributed by atoms with E-state index in [4.69, 9.17) is 0 Å². The number of rotatable bonds is 8. The van der Waals surface area contributed by atoms with Crippen molar-refractivity contribution in [3.63, 3.8) is 0 Å². The second-order valence-electron chi connectivity index (χ2n) is 5.93. The molecule has 0 saturated carbocycles. The van der Waals surface area contributed by atoms with Crippen molar-refractivity contribution in [2.24, 2.45) is 0 Å².